The maximum absolute atomic E-state index is 12.5. The van der Waals surface area contributed by atoms with Crippen LogP contribution in [0.2, 0.25) is 0 Å². The van der Waals surface area contributed by atoms with Crippen LogP contribution in [-0.4, -0.2) is 10.9 Å². The maximum Gasteiger partial charge on any atom is 0.257 e. The van der Waals surface area contributed by atoms with Crippen molar-refractivity contribution in [3.63, 3.8) is 0 Å². The first kappa shape index (κ1) is 13.8. The Morgan fingerprint density at radius 2 is 1.86 bits per heavy atom. The molecule has 3 rings (SSSR count). The Kier molecular flexibility index (Phi) is 3.71. The number of hydrogen-bond donors (Lipinski definition) is 1. The first-order chi connectivity index (χ1) is 10.2. The molecule has 1 aromatic heterocycles. The van der Waals surface area contributed by atoms with Gasteiger partial charge in [-0.15, -0.1) is 0 Å². The van der Waals surface area contributed by atoms with Gasteiger partial charge in [-0.05, 0) is 46.6 Å². The van der Waals surface area contributed by atoms with E-state index < -0.39 is 0 Å². The number of aromatic nitrogens is 1. The number of hydrogen-bond acceptors (Lipinski definition) is 2. The van der Waals surface area contributed by atoms with Crippen LogP contribution in [0.4, 0.5) is 5.69 Å². The van der Waals surface area contributed by atoms with E-state index in [4.69, 9.17) is 0 Å². The van der Waals surface area contributed by atoms with Crippen LogP contribution >= 0.6 is 15.9 Å². The third kappa shape index (κ3) is 2.67. The van der Waals surface area contributed by atoms with Crippen molar-refractivity contribution in [3.8, 4) is 0 Å². The second-order valence-corrected chi connectivity index (χ2v) is 5.62. The molecule has 3 aromatic rings. The number of amides is 1. The predicted octanol–water partition coefficient (Wildman–Crippen LogP) is 4.56. The molecule has 0 radical (unpaired) electrons. The Morgan fingerprint density at radius 1 is 1.10 bits per heavy atom. The van der Waals surface area contributed by atoms with Gasteiger partial charge in [-0.2, -0.15) is 0 Å². The van der Waals surface area contributed by atoms with Gasteiger partial charge in [0.15, 0.2) is 0 Å². The number of anilines is 1. The lowest BCUT2D eigenvalue weighted by atomic mass is 10.1. The third-order valence-electron chi connectivity index (χ3n) is 3.33. The normalized spacial score (nSPS) is 10.6. The number of rotatable bonds is 2. The molecule has 21 heavy (non-hydrogen) atoms. The van der Waals surface area contributed by atoms with Crippen molar-refractivity contribution in [2.75, 3.05) is 5.32 Å². The minimum Gasteiger partial charge on any atom is -0.320 e. The summed E-state index contributed by atoms with van der Waals surface area (Å²) < 4.78 is 0.785. The highest BCUT2D eigenvalue weighted by Crippen LogP contribution is 2.24. The average molecular weight is 341 g/mol. The molecule has 0 aliphatic rings. The first-order valence-corrected chi connectivity index (χ1v) is 7.36. The molecule has 0 unspecified atom stereocenters. The Labute approximate surface area is 131 Å². The summed E-state index contributed by atoms with van der Waals surface area (Å²) in [6, 6.07) is 15.3. The van der Waals surface area contributed by atoms with Gasteiger partial charge in [0.25, 0.3) is 5.91 Å². The largest absolute Gasteiger partial charge is 0.320 e. The van der Waals surface area contributed by atoms with Gasteiger partial charge in [0.2, 0.25) is 0 Å². The third-order valence-corrected chi connectivity index (χ3v) is 3.99. The average Bonchev–Trinajstić information content (AvgIpc) is 2.47. The fraction of sp³-hybridized carbons (Fsp3) is 0.0588. The zero-order valence-corrected chi connectivity index (χ0v) is 13.0. The molecule has 4 heteroatoms. The second kappa shape index (κ2) is 5.66. The number of pyridine rings is 1. The van der Waals surface area contributed by atoms with Crippen LogP contribution in [0, 0.1) is 6.92 Å². The van der Waals surface area contributed by atoms with Crippen LogP contribution in [0.15, 0.2) is 59.2 Å². The molecule has 104 valence electrons. The highest BCUT2D eigenvalue weighted by molar-refractivity contribution is 9.10. The summed E-state index contributed by atoms with van der Waals surface area (Å²) in [6.07, 6.45) is 1.72. The Bertz CT molecular complexity index is 804. The van der Waals surface area contributed by atoms with E-state index in [0.29, 0.717) is 11.3 Å². The number of carbonyl (C=O) groups excluding carboxylic acids is 1. The van der Waals surface area contributed by atoms with Gasteiger partial charge in [0.05, 0.1) is 16.8 Å². The van der Waals surface area contributed by atoms with Crippen molar-refractivity contribution in [2.24, 2.45) is 0 Å². The molecule has 0 fully saturated rings. The SMILES string of the molecule is Cc1cccc(Br)c1C(=O)Nc1cccc2cccnc12. The number of halogens is 1. The molecule has 0 spiro atoms. The number of para-hydroxylation sites is 1. The maximum atomic E-state index is 12.5. The summed E-state index contributed by atoms with van der Waals surface area (Å²) >= 11 is 3.43. The molecule has 0 atom stereocenters. The number of carbonyl (C=O) groups is 1. The lowest BCUT2D eigenvalue weighted by Crippen LogP contribution is -2.14. The summed E-state index contributed by atoms with van der Waals surface area (Å²) in [5, 5.41) is 3.95. The minimum atomic E-state index is -0.141. The van der Waals surface area contributed by atoms with E-state index in [1.807, 2.05) is 55.5 Å². The van der Waals surface area contributed by atoms with Crippen molar-refractivity contribution >= 4 is 38.4 Å². The van der Waals surface area contributed by atoms with E-state index in [-0.39, 0.29) is 5.91 Å². The van der Waals surface area contributed by atoms with Gasteiger partial charge >= 0.3 is 0 Å². The molecular weight excluding hydrogens is 328 g/mol. The minimum absolute atomic E-state index is 0.141. The van der Waals surface area contributed by atoms with Crippen LogP contribution in [0.1, 0.15) is 15.9 Å². The molecule has 0 bridgehead atoms. The van der Waals surface area contributed by atoms with Crippen LogP contribution < -0.4 is 5.32 Å². The monoisotopic (exact) mass is 340 g/mol. The summed E-state index contributed by atoms with van der Waals surface area (Å²) in [6.45, 7) is 1.92. The van der Waals surface area contributed by atoms with E-state index in [1.165, 1.54) is 0 Å². The van der Waals surface area contributed by atoms with Crippen molar-refractivity contribution in [2.45, 2.75) is 6.92 Å². The van der Waals surface area contributed by atoms with Crippen LogP contribution in [-0.2, 0) is 0 Å². The Morgan fingerprint density at radius 3 is 2.67 bits per heavy atom. The van der Waals surface area contributed by atoms with E-state index in [0.717, 1.165) is 20.9 Å². The fourth-order valence-corrected chi connectivity index (χ4v) is 2.95. The van der Waals surface area contributed by atoms with Crippen molar-refractivity contribution in [3.05, 3.63) is 70.3 Å². The zero-order valence-electron chi connectivity index (χ0n) is 11.4. The fourth-order valence-electron chi connectivity index (χ4n) is 2.31. The van der Waals surface area contributed by atoms with Crippen molar-refractivity contribution in [1.29, 1.82) is 0 Å². The first-order valence-electron chi connectivity index (χ1n) is 6.57. The topological polar surface area (TPSA) is 42.0 Å². The van der Waals surface area contributed by atoms with E-state index in [1.54, 1.807) is 6.20 Å². The number of aryl methyl sites for hydroxylation is 1. The molecule has 2 aromatic carbocycles. The van der Waals surface area contributed by atoms with Gasteiger partial charge in [-0.1, -0.05) is 30.3 Å². The number of fused-ring (bicyclic) bond motifs is 1. The van der Waals surface area contributed by atoms with E-state index in [2.05, 4.69) is 26.2 Å². The van der Waals surface area contributed by atoms with Gasteiger partial charge < -0.3 is 5.32 Å². The quantitative estimate of drug-likeness (QED) is 0.743. The summed E-state index contributed by atoms with van der Waals surface area (Å²) in [7, 11) is 0. The van der Waals surface area contributed by atoms with Crippen LogP contribution in [0.3, 0.4) is 0 Å². The standard InChI is InChI=1S/C17H13BrN2O/c1-11-5-2-8-13(18)15(11)17(21)20-14-9-3-6-12-7-4-10-19-16(12)14/h2-10H,1H3,(H,20,21). The number of nitrogens with one attached hydrogen (secondary N) is 1. The van der Waals surface area contributed by atoms with Gasteiger partial charge in [0, 0.05) is 16.1 Å². The van der Waals surface area contributed by atoms with Crippen LogP contribution in [0.25, 0.3) is 10.9 Å². The number of nitrogens with zero attached hydrogens (tertiary/aromatic N) is 1. The van der Waals surface area contributed by atoms with E-state index in [9.17, 15) is 4.79 Å². The molecule has 0 aliphatic carbocycles. The van der Waals surface area contributed by atoms with Crippen molar-refractivity contribution in [1.82, 2.24) is 4.98 Å². The Hall–Kier alpha value is -2.20. The summed E-state index contributed by atoms with van der Waals surface area (Å²) in [4.78, 5) is 16.9. The summed E-state index contributed by atoms with van der Waals surface area (Å²) in [5.41, 5.74) is 3.08. The van der Waals surface area contributed by atoms with E-state index >= 15 is 0 Å². The molecule has 1 heterocycles. The van der Waals surface area contributed by atoms with Crippen LogP contribution in [0.5, 0.6) is 0 Å². The lowest BCUT2D eigenvalue weighted by molar-refractivity contribution is 0.102. The predicted molar refractivity (Wildman–Crippen MR) is 88.6 cm³/mol. The van der Waals surface area contributed by atoms with Gasteiger partial charge in [-0.25, -0.2) is 0 Å². The summed E-state index contributed by atoms with van der Waals surface area (Å²) in [5.74, 6) is -0.141. The van der Waals surface area contributed by atoms with Gasteiger partial charge in [-0.3, -0.25) is 9.78 Å². The molecule has 1 amide bonds. The smallest absolute Gasteiger partial charge is 0.257 e. The van der Waals surface area contributed by atoms with Crippen molar-refractivity contribution < 1.29 is 4.79 Å². The number of benzene rings is 2. The molecule has 0 saturated carbocycles. The second-order valence-electron chi connectivity index (χ2n) is 4.77. The Balaban J connectivity index is 2.01. The molecule has 1 N–H and O–H groups in total. The molecule has 0 aliphatic heterocycles. The zero-order chi connectivity index (χ0) is 14.8. The molecule has 0 saturated heterocycles. The van der Waals surface area contributed by atoms with Gasteiger partial charge in [0.1, 0.15) is 0 Å². The lowest BCUT2D eigenvalue weighted by Gasteiger charge is -2.11. The molecular formula is C17H13BrN2O. The highest BCUT2D eigenvalue weighted by Gasteiger charge is 2.14. The molecule has 3 nitrogen and oxygen atoms in total. The highest BCUT2D eigenvalue weighted by atomic mass is 79.9.